The maximum absolute atomic E-state index is 3.66. The third-order valence-corrected chi connectivity index (χ3v) is 3.21. The van der Waals surface area contributed by atoms with Crippen LogP contribution in [0.3, 0.4) is 0 Å². The van der Waals surface area contributed by atoms with E-state index in [1.165, 1.54) is 24.0 Å². The van der Waals surface area contributed by atoms with E-state index >= 15 is 0 Å². The first-order chi connectivity index (χ1) is 8.61. The fraction of sp³-hybridized carbons (Fsp3) is 0.625. The minimum atomic E-state index is 0.593. The van der Waals surface area contributed by atoms with Crippen LogP contribution in [0.1, 0.15) is 30.9 Å². The molecule has 0 aromatic heterocycles. The first-order valence-corrected chi connectivity index (χ1v) is 7.05. The Hall–Kier alpha value is -0.860. The second kappa shape index (κ2) is 8.28. The number of hydrogen-bond acceptors (Lipinski definition) is 2. The average molecular weight is 248 g/mol. The highest BCUT2D eigenvalue weighted by Crippen LogP contribution is 2.08. The van der Waals surface area contributed by atoms with Gasteiger partial charge in [-0.05, 0) is 58.9 Å². The number of nitrogens with zero attached hydrogens (tertiary/aromatic N) is 1. The van der Waals surface area contributed by atoms with Crippen LogP contribution in [-0.2, 0) is 6.42 Å². The molecule has 18 heavy (non-hydrogen) atoms. The molecule has 1 rings (SSSR count). The van der Waals surface area contributed by atoms with Gasteiger partial charge in [-0.15, -0.1) is 0 Å². The molecule has 2 nitrogen and oxygen atoms in total. The van der Waals surface area contributed by atoms with Gasteiger partial charge < -0.3 is 10.2 Å². The van der Waals surface area contributed by atoms with Crippen LogP contribution < -0.4 is 5.32 Å². The lowest BCUT2D eigenvalue weighted by molar-refractivity contribution is 0.356. The lowest BCUT2D eigenvalue weighted by Crippen LogP contribution is -2.34. The van der Waals surface area contributed by atoms with Gasteiger partial charge in [0.25, 0.3) is 0 Å². The van der Waals surface area contributed by atoms with Gasteiger partial charge in [-0.25, -0.2) is 0 Å². The zero-order valence-electron chi connectivity index (χ0n) is 12.4. The van der Waals surface area contributed by atoms with Gasteiger partial charge in [0.15, 0.2) is 0 Å². The van der Waals surface area contributed by atoms with E-state index in [0.29, 0.717) is 6.04 Å². The fourth-order valence-electron chi connectivity index (χ4n) is 2.05. The number of hydrogen-bond donors (Lipinski definition) is 1. The van der Waals surface area contributed by atoms with Crippen molar-refractivity contribution in [3.05, 3.63) is 35.4 Å². The third-order valence-electron chi connectivity index (χ3n) is 3.21. The first-order valence-electron chi connectivity index (χ1n) is 7.05. The predicted octanol–water partition coefficient (Wildman–Crippen LogP) is 2.86. The molecule has 1 aromatic rings. The second-order valence-electron chi connectivity index (χ2n) is 5.43. The molecular weight excluding hydrogens is 220 g/mol. The summed E-state index contributed by atoms with van der Waals surface area (Å²) in [6.07, 6.45) is 3.54. The van der Waals surface area contributed by atoms with E-state index in [1.54, 1.807) is 0 Å². The minimum absolute atomic E-state index is 0.593. The number of rotatable bonds is 8. The van der Waals surface area contributed by atoms with E-state index in [2.05, 4.69) is 62.4 Å². The van der Waals surface area contributed by atoms with Gasteiger partial charge in [-0.2, -0.15) is 0 Å². The SMILES string of the molecule is CCCNC(CCN(C)C)Cc1ccc(C)cc1. The van der Waals surface area contributed by atoms with E-state index in [1.807, 2.05) is 0 Å². The van der Waals surface area contributed by atoms with Crippen molar-refractivity contribution in [3.8, 4) is 0 Å². The summed E-state index contributed by atoms with van der Waals surface area (Å²) in [6.45, 7) is 6.63. The van der Waals surface area contributed by atoms with E-state index in [-0.39, 0.29) is 0 Å². The van der Waals surface area contributed by atoms with Crippen LogP contribution in [0.15, 0.2) is 24.3 Å². The van der Waals surface area contributed by atoms with Crippen molar-refractivity contribution >= 4 is 0 Å². The molecule has 0 saturated heterocycles. The lowest BCUT2D eigenvalue weighted by Gasteiger charge is -2.21. The van der Waals surface area contributed by atoms with Crippen molar-refractivity contribution in [3.63, 3.8) is 0 Å². The van der Waals surface area contributed by atoms with Crippen molar-refractivity contribution in [2.45, 2.75) is 39.2 Å². The molecule has 102 valence electrons. The van der Waals surface area contributed by atoms with Crippen LogP contribution in [0, 0.1) is 6.92 Å². The molecule has 1 unspecified atom stereocenters. The van der Waals surface area contributed by atoms with Crippen molar-refractivity contribution in [1.82, 2.24) is 10.2 Å². The molecule has 0 bridgehead atoms. The van der Waals surface area contributed by atoms with Crippen LogP contribution >= 0.6 is 0 Å². The van der Waals surface area contributed by atoms with Crippen molar-refractivity contribution < 1.29 is 0 Å². The molecule has 0 aliphatic heterocycles. The summed E-state index contributed by atoms with van der Waals surface area (Å²) in [5.74, 6) is 0. The van der Waals surface area contributed by atoms with Gasteiger partial charge in [0.2, 0.25) is 0 Å². The highest BCUT2D eigenvalue weighted by atomic mass is 15.1. The summed E-state index contributed by atoms with van der Waals surface area (Å²) in [5.41, 5.74) is 2.78. The molecular formula is C16H28N2. The van der Waals surface area contributed by atoms with Gasteiger partial charge in [0.05, 0.1) is 0 Å². The summed E-state index contributed by atoms with van der Waals surface area (Å²) < 4.78 is 0. The summed E-state index contributed by atoms with van der Waals surface area (Å²) in [6, 6.07) is 9.52. The van der Waals surface area contributed by atoms with Crippen LogP contribution in [0.25, 0.3) is 0 Å². The van der Waals surface area contributed by atoms with Crippen LogP contribution in [-0.4, -0.2) is 38.1 Å². The number of benzene rings is 1. The molecule has 0 saturated carbocycles. The van der Waals surface area contributed by atoms with Gasteiger partial charge in [-0.3, -0.25) is 0 Å². The van der Waals surface area contributed by atoms with Crippen LogP contribution in [0.2, 0.25) is 0 Å². The highest BCUT2D eigenvalue weighted by Gasteiger charge is 2.09. The van der Waals surface area contributed by atoms with Crippen LogP contribution in [0.4, 0.5) is 0 Å². The maximum atomic E-state index is 3.66. The van der Waals surface area contributed by atoms with Gasteiger partial charge in [0.1, 0.15) is 0 Å². The van der Waals surface area contributed by atoms with E-state index < -0.39 is 0 Å². The molecule has 0 amide bonds. The van der Waals surface area contributed by atoms with Gasteiger partial charge in [-0.1, -0.05) is 36.8 Å². The fourth-order valence-corrected chi connectivity index (χ4v) is 2.05. The average Bonchev–Trinajstić information content (AvgIpc) is 2.35. The molecule has 1 N–H and O–H groups in total. The molecule has 1 atom stereocenters. The van der Waals surface area contributed by atoms with E-state index in [4.69, 9.17) is 0 Å². The number of nitrogens with one attached hydrogen (secondary N) is 1. The molecule has 0 fully saturated rings. The van der Waals surface area contributed by atoms with Crippen molar-refractivity contribution in [2.24, 2.45) is 0 Å². The van der Waals surface area contributed by atoms with Crippen molar-refractivity contribution in [2.75, 3.05) is 27.2 Å². The van der Waals surface area contributed by atoms with Crippen molar-refractivity contribution in [1.29, 1.82) is 0 Å². The largest absolute Gasteiger partial charge is 0.314 e. The Balaban J connectivity index is 2.50. The van der Waals surface area contributed by atoms with Gasteiger partial charge >= 0.3 is 0 Å². The molecule has 2 heteroatoms. The molecule has 0 heterocycles. The Morgan fingerprint density at radius 2 is 1.83 bits per heavy atom. The minimum Gasteiger partial charge on any atom is -0.314 e. The van der Waals surface area contributed by atoms with E-state index in [9.17, 15) is 0 Å². The third kappa shape index (κ3) is 6.18. The van der Waals surface area contributed by atoms with Crippen LogP contribution in [0.5, 0.6) is 0 Å². The topological polar surface area (TPSA) is 15.3 Å². The zero-order valence-corrected chi connectivity index (χ0v) is 12.4. The number of aryl methyl sites for hydroxylation is 1. The smallest absolute Gasteiger partial charge is 0.0120 e. The second-order valence-corrected chi connectivity index (χ2v) is 5.43. The Bertz CT molecular complexity index is 316. The standard InChI is InChI=1S/C16H28N2/c1-5-11-17-16(10-12-18(3)4)13-15-8-6-14(2)7-9-15/h6-9,16-17H,5,10-13H2,1-4H3. The van der Waals surface area contributed by atoms with E-state index in [0.717, 1.165) is 19.5 Å². The summed E-state index contributed by atoms with van der Waals surface area (Å²) in [4.78, 5) is 2.26. The zero-order chi connectivity index (χ0) is 13.4. The van der Waals surface area contributed by atoms with Gasteiger partial charge in [0, 0.05) is 6.04 Å². The lowest BCUT2D eigenvalue weighted by atomic mass is 10.0. The highest BCUT2D eigenvalue weighted by molar-refractivity contribution is 5.22. The molecule has 1 aromatic carbocycles. The Morgan fingerprint density at radius 3 is 2.39 bits per heavy atom. The summed E-state index contributed by atoms with van der Waals surface area (Å²) >= 11 is 0. The molecule has 0 aliphatic carbocycles. The molecule has 0 aliphatic rings. The first kappa shape index (κ1) is 15.2. The Labute approximate surface area is 112 Å². The quantitative estimate of drug-likeness (QED) is 0.761. The Kier molecular flexibility index (Phi) is 6.99. The summed E-state index contributed by atoms with van der Waals surface area (Å²) in [7, 11) is 4.28. The molecule has 0 spiro atoms. The summed E-state index contributed by atoms with van der Waals surface area (Å²) in [5, 5.41) is 3.66. The Morgan fingerprint density at radius 1 is 1.17 bits per heavy atom. The molecule has 0 radical (unpaired) electrons. The maximum Gasteiger partial charge on any atom is 0.0120 e. The predicted molar refractivity (Wildman–Crippen MR) is 80.1 cm³/mol. The monoisotopic (exact) mass is 248 g/mol. The normalized spacial score (nSPS) is 12.9.